The molecule has 0 aliphatic carbocycles. The average molecular weight is 302 g/mol. The van der Waals surface area contributed by atoms with Crippen molar-refractivity contribution in [2.45, 2.75) is 69.9 Å². The predicted octanol–water partition coefficient (Wildman–Crippen LogP) is 1.40. The summed E-state index contributed by atoms with van der Waals surface area (Å²) in [7, 11) is 0. The maximum Gasteiger partial charge on any atom is 0.114 e. The molecule has 0 radical (unpaired) electrons. The molecule has 5 heteroatoms. The van der Waals surface area contributed by atoms with Gasteiger partial charge < -0.3 is 24.8 Å². The zero-order chi connectivity index (χ0) is 15.5. The fraction of sp³-hybridized carbons (Fsp3) is 0.875. The van der Waals surface area contributed by atoms with E-state index in [1.807, 2.05) is 0 Å². The van der Waals surface area contributed by atoms with Crippen LogP contribution in [0, 0.1) is 0 Å². The molecule has 5 nitrogen and oxygen atoms in total. The van der Waals surface area contributed by atoms with Crippen LogP contribution < -0.4 is 0 Å². The van der Waals surface area contributed by atoms with E-state index in [-0.39, 0.29) is 6.61 Å². The molecule has 1 heterocycles. The molecule has 4 atom stereocenters. The van der Waals surface area contributed by atoms with Crippen molar-refractivity contribution in [2.75, 3.05) is 19.8 Å². The van der Waals surface area contributed by atoms with Gasteiger partial charge in [-0.2, -0.15) is 0 Å². The number of rotatable bonds is 11. The number of hydrogen-bond acceptors (Lipinski definition) is 5. The van der Waals surface area contributed by atoms with Crippen LogP contribution in [-0.2, 0) is 9.47 Å². The van der Waals surface area contributed by atoms with Crippen molar-refractivity contribution in [1.29, 1.82) is 0 Å². The maximum absolute atomic E-state index is 9.94. The molecule has 3 N–H and O–H groups in total. The smallest absolute Gasteiger partial charge is 0.114 e. The second-order valence-corrected chi connectivity index (χ2v) is 5.56. The molecule has 21 heavy (non-hydrogen) atoms. The van der Waals surface area contributed by atoms with Crippen LogP contribution >= 0.6 is 0 Å². The summed E-state index contributed by atoms with van der Waals surface area (Å²) >= 11 is 0. The van der Waals surface area contributed by atoms with Crippen molar-refractivity contribution in [3.05, 3.63) is 12.2 Å². The first-order chi connectivity index (χ1) is 10.2. The topological polar surface area (TPSA) is 79.2 Å². The van der Waals surface area contributed by atoms with Crippen LogP contribution in [0.4, 0.5) is 0 Å². The highest BCUT2D eigenvalue weighted by atomic mass is 16.6. The molecule has 0 saturated carbocycles. The molecule has 0 unspecified atom stereocenters. The molecular formula is C16H30O5. The van der Waals surface area contributed by atoms with Crippen LogP contribution in [-0.4, -0.2) is 59.6 Å². The van der Waals surface area contributed by atoms with Gasteiger partial charge in [-0.15, -0.1) is 0 Å². The molecule has 1 saturated heterocycles. The first-order valence-corrected chi connectivity index (χ1v) is 8.05. The van der Waals surface area contributed by atoms with Crippen molar-refractivity contribution in [3.63, 3.8) is 0 Å². The summed E-state index contributed by atoms with van der Waals surface area (Å²) in [6, 6.07) is 0. The largest absolute Gasteiger partial charge is 0.394 e. The zero-order valence-electron chi connectivity index (χ0n) is 13.0. The number of aliphatic hydroxyl groups is 3. The van der Waals surface area contributed by atoms with E-state index in [1.165, 1.54) is 19.3 Å². The second kappa shape index (κ2) is 11.2. The third-order valence-corrected chi connectivity index (χ3v) is 3.72. The predicted molar refractivity (Wildman–Crippen MR) is 81.1 cm³/mol. The molecular weight excluding hydrogens is 272 g/mol. The van der Waals surface area contributed by atoms with Crippen LogP contribution in [0.5, 0.6) is 0 Å². The van der Waals surface area contributed by atoms with Crippen LogP contribution in [0.15, 0.2) is 12.2 Å². The molecule has 0 aromatic rings. The third-order valence-electron chi connectivity index (χ3n) is 3.72. The molecule has 1 fully saturated rings. The first-order valence-electron chi connectivity index (χ1n) is 8.05. The SMILES string of the molecule is CCCCC/C=C/CCCO[C@@H]1CO[C@@H]([C@@H](O)CO)[C@H]1O. The maximum atomic E-state index is 9.94. The minimum absolute atomic E-state index is 0.260. The number of hydrogen-bond donors (Lipinski definition) is 3. The molecule has 124 valence electrons. The van der Waals surface area contributed by atoms with Gasteiger partial charge in [0.15, 0.2) is 0 Å². The van der Waals surface area contributed by atoms with Gasteiger partial charge in [-0.05, 0) is 25.7 Å². The highest BCUT2D eigenvalue weighted by Crippen LogP contribution is 2.20. The molecule has 0 aromatic heterocycles. The minimum atomic E-state index is -1.06. The van der Waals surface area contributed by atoms with Crippen LogP contribution in [0.3, 0.4) is 0 Å². The Labute approximate surface area is 127 Å². The van der Waals surface area contributed by atoms with Crippen LogP contribution in [0.25, 0.3) is 0 Å². The van der Waals surface area contributed by atoms with Crippen LogP contribution in [0.2, 0.25) is 0 Å². The Morgan fingerprint density at radius 3 is 2.62 bits per heavy atom. The standard InChI is InChI=1S/C16H30O5/c1-2-3-4-5-6-7-8-9-10-20-14-12-21-16(15(14)19)13(18)11-17/h6-7,13-19H,2-5,8-12H2,1H3/b7-6+/t13-,14+,15-,16-/m0/s1. The molecule has 1 aliphatic heterocycles. The van der Waals surface area contributed by atoms with E-state index in [0.29, 0.717) is 6.61 Å². The first kappa shape index (κ1) is 18.6. The summed E-state index contributed by atoms with van der Waals surface area (Å²) in [5.41, 5.74) is 0. The highest BCUT2D eigenvalue weighted by Gasteiger charge is 2.40. The molecule has 0 amide bonds. The van der Waals surface area contributed by atoms with E-state index in [0.717, 1.165) is 19.3 Å². The molecule has 0 bridgehead atoms. The van der Waals surface area contributed by atoms with Crippen molar-refractivity contribution in [1.82, 2.24) is 0 Å². The van der Waals surface area contributed by atoms with Gasteiger partial charge in [0.25, 0.3) is 0 Å². The number of ether oxygens (including phenoxy) is 2. The number of aliphatic hydroxyl groups excluding tert-OH is 3. The van der Waals surface area contributed by atoms with Gasteiger partial charge in [0.1, 0.15) is 24.4 Å². The van der Waals surface area contributed by atoms with Gasteiger partial charge in [-0.1, -0.05) is 31.9 Å². The zero-order valence-corrected chi connectivity index (χ0v) is 13.0. The Morgan fingerprint density at radius 1 is 1.24 bits per heavy atom. The monoisotopic (exact) mass is 302 g/mol. The van der Waals surface area contributed by atoms with Crippen molar-refractivity contribution in [2.24, 2.45) is 0 Å². The van der Waals surface area contributed by atoms with E-state index in [9.17, 15) is 10.2 Å². The molecule has 1 aliphatic rings. The summed E-state index contributed by atoms with van der Waals surface area (Å²) in [5, 5.41) is 28.3. The summed E-state index contributed by atoms with van der Waals surface area (Å²) < 4.78 is 10.8. The highest BCUT2D eigenvalue weighted by molar-refractivity contribution is 4.89. The molecule has 1 rings (SSSR count). The lowest BCUT2D eigenvalue weighted by atomic mass is 10.1. The van der Waals surface area contributed by atoms with Crippen molar-refractivity contribution in [3.8, 4) is 0 Å². The van der Waals surface area contributed by atoms with Gasteiger partial charge >= 0.3 is 0 Å². The summed E-state index contributed by atoms with van der Waals surface area (Å²) in [6.07, 6.45) is 8.11. The van der Waals surface area contributed by atoms with Crippen molar-refractivity contribution >= 4 is 0 Å². The lowest BCUT2D eigenvalue weighted by Gasteiger charge is -2.20. The van der Waals surface area contributed by atoms with Gasteiger partial charge in [0.05, 0.1) is 13.2 Å². The Morgan fingerprint density at radius 2 is 1.95 bits per heavy atom. The van der Waals surface area contributed by atoms with E-state index in [2.05, 4.69) is 19.1 Å². The number of allylic oxidation sites excluding steroid dienone is 2. The normalized spacial score (nSPS) is 27.5. The van der Waals surface area contributed by atoms with Gasteiger partial charge in [0, 0.05) is 6.61 Å². The second-order valence-electron chi connectivity index (χ2n) is 5.56. The average Bonchev–Trinajstić information content (AvgIpc) is 2.86. The Hall–Kier alpha value is -0.460. The van der Waals surface area contributed by atoms with Crippen LogP contribution in [0.1, 0.15) is 45.4 Å². The van der Waals surface area contributed by atoms with Gasteiger partial charge in [-0.3, -0.25) is 0 Å². The summed E-state index contributed by atoms with van der Waals surface area (Å²) in [6.45, 7) is 2.60. The summed E-state index contributed by atoms with van der Waals surface area (Å²) in [4.78, 5) is 0. The molecule has 0 spiro atoms. The Bertz CT molecular complexity index is 282. The quantitative estimate of drug-likeness (QED) is 0.397. The Kier molecular flexibility index (Phi) is 9.87. The van der Waals surface area contributed by atoms with E-state index >= 15 is 0 Å². The Balaban J connectivity index is 2.06. The van der Waals surface area contributed by atoms with Gasteiger partial charge in [-0.25, -0.2) is 0 Å². The lowest BCUT2D eigenvalue weighted by molar-refractivity contribution is -0.0729. The van der Waals surface area contributed by atoms with E-state index in [4.69, 9.17) is 14.6 Å². The fourth-order valence-corrected chi connectivity index (χ4v) is 2.39. The lowest BCUT2D eigenvalue weighted by Crippen LogP contribution is -2.41. The minimum Gasteiger partial charge on any atom is -0.394 e. The summed E-state index contributed by atoms with van der Waals surface area (Å²) in [5.74, 6) is 0. The fourth-order valence-electron chi connectivity index (χ4n) is 2.39. The molecule has 0 aromatic carbocycles. The number of unbranched alkanes of at least 4 members (excludes halogenated alkanes) is 4. The van der Waals surface area contributed by atoms with Crippen molar-refractivity contribution < 1.29 is 24.8 Å². The van der Waals surface area contributed by atoms with E-state index in [1.54, 1.807) is 0 Å². The van der Waals surface area contributed by atoms with Gasteiger partial charge in [0.2, 0.25) is 0 Å². The van der Waals surface area contributed by atoms with E-state index < -0.39 is 31.0 Å². The third kappa shape index (κ3) is 6.89.